The van der Waals surface area contributed by atoms with E-state index in [1.54, 1.807) is 7.05 Å². The molecule has 13 heavy (non-hydrogen) atoms. The Hall–Kier alpha value is -0.610. The van der Waals surface area contributed by atoms with Gasteiger partial charge in [-0.05, 0) is 32.9 Å². The second kappa shape index (κ2) is 2.96. The molecule has 2 aliphatic rings. The summed E-state index contributed by atoms with van der Waals surface area (Å²) in [4.78, 5) is 13.5. The number of fused-ring (bicyclic) bond motifs is 1. The van der Waals surface area contributed by atoms with Crippen molar-refractivity contribution in [2.45, 2.75) is 30.8 Å². The molecule has 0 aromatic heterocycles. The van der Waals surface area contributed by atoms with Gasteiger partial charge in [0.1, 0.15) is 5.54 Å². The normalized spacial score (nSPS) is 39.3. The molecule has 2 heterocycles. The molecule has 0 amide bonds. The molecular weight excluding hydrogens is 168 g/mol. The molecule has 0 spiro atoms. The first-order chi connectivity index (χ1) is 6.20. The Morgan fingerprint density at radius 1 is 1.62 bits per heavy atom. The molecule has 2 aliphatic heterocycles. The second-order valence-electron chi connectivity index (χ2n) is 3.97. The van der Waals surface area contributed by atoms with Gasteiger partial charge in [0.15, 0.2) is 0 Å². The molecule has 0 radical (unpaired) electrons. The van der Waals surface area contributed by atoms with E-state index in [2.05, 4.69) is 10.2 Å². The van der Waals surface area contributed by atoms with Crippen molar-refractivity contribution >= 4 is 5.97 Å². The lowest BCUT2D eigenvalue weighted by Gasteiger charge is -2.30. The van der Waals surface area contributed by atoms with Crippen LogP contribution in [0.2, 0.25) is 0 Å². The zero-order chi connectivity index (χ0) is 9.47. The van der Waals surface area contributed by atoms with Crippen molar-refractivity contribution in [1.82, 2.24) is 10.2 Å². The van der Waals surface area contributed by atoms with Crippen LogP contribution in [0, 0.1) is 0 Å². The molecule has 4 heteroatoms. The molecule has 4 nitrogen and oxygen atoms in total. The Bertz CT molecular complexity index is 232. The first-order valence-corrected chi connectivity index (χ1v) is 4.87. The quantitative estimate of drug-likeness (QED) is 0.629. The molecule has 0 bridgehead atoms. The minimum Gasteiger partial charge on any atom is -0.480 e. The van der Waals surface area contributed by atoms with Gasteiger partial charge in [0, 0.05) is 12.6 Å². The predicted octanol–water partition coefficient (Wildman–Crippen LogP) is -0.103. The summed E-state index contributed by atoms with van der Waals surface area (Å²) in [5, 5.41) is 12.2. The van der Waals surface area contributed by atoms with Crippen molar-refractivity contribution in [3.8, 4) is 0 Å². The average Bonchev–Trinajstić information content (AvgIpc) is 2.62. The summed E-state index contributed by atoms with van der Waals surface area (Å²) in [5.74, 6) is -0.690. The van der Waals surface area contributed by atoms with Crippen LogP contribution in [0.25, 0.3) is 0 Å². The fourth-order valence-corrected chi connectivity index (χ4v) is 2.79. The number of likely N-dealkylation sites (N-methyl/N-ethyl adjacent to an activating group) is 1. The highest BCUT2D eigenvalue weighted by atomic mass is 16.4. The van der Waals surface area contributed by atoms with Crippen LogP contribution < -0.4 is 5.32 Å². The van der Waals surface area contributed by atoms with Crippen LogP contribution in [-0.4, -0.2) is 47.7 Å². The third-order valence-electron chi connectivity index (χ3n) is 3.55. The Kier molecular flexibility index (Phi) is 2.04. The van der Waals surface area contributed by atoms with E-state index in [4.69, 9.17) is 0 Å². The summed E-state index contributed by atoms with van der Waals surface area (Å²) in [6, 6.07) is 0.218. The number of rotatable bonds is 2. The van der Waals surface area contributed by atoms with E-state index in [-0.39, 0.29) is 6.04 Å². The lowest BCUT2D eigenvalue weighted by molar-refractivity contribution is -0.145. The molecule has 2 rings (SSSR count). The van der Waals surface area contributed by atoms with Crippen LogP contribution in [0.1, 0.15) is 19.3 Å². The van der Waals surface area contributed by atoms with Gasteiger partial charge in [-0.3, -0.25) is 9.69 Å². The molecular formula is C9H16N2O2. The minimum absolute atomic E-state index is 0.218. The van der Waals surface area contributed by atoms with Gasteiger partial charge in [-0.1, -0.05) is 0 Å². The predicted molar refractivity (Wildman–Crippen MR) is 48.6 cm³/mol. The Labute approximate surface area is 77.9 Å². The van der Waals surface area contributed by atoms with E-state index in [1.165, 1.54) is 0 Å². The van der Waals surface area contributed by atoms with Crippen molar-refractivity contribution in [3.05, 3.63) is 0 Å². The van der Waals surface area contributed by atoms with Crippen LogP contribution in [0.15, 0.2) is 0 Å². The zero-order valence-corrected chi connectivity index (χ0v) is 7.92. The second-order valence-corrected chi connectivity index (χ2v) is 3.97. The maximum Gasteiger partial charge on any atom is 0.325 e. The van der Waals surface area contributed by atoms with Gasteiger partial charge in [0.25, 0.3) is 0 Å². The van der Waals surface area contributed by atoms with Gasteiger partial charge in [-0.25, -0.2) is 0 Å². The first-order valence-electron chi connectivity index (χ1n) is 4.87. The number of hydrogen-bond donors (Lipinski definition) is 2. The fourth-order valence-electron chi connectivity index (χ4n) is 2.79. The van der Waals surface area contributed by atoms with E-state index in [0.29, 0.717) is 0 Å². The third-order valence-corrected chi connectivity index (χ3v) is 3.55. The summed E-state index contributed by atoms with van der Waals surface area (Å²) in [7, 11) is 1.76. The standard InChI is InChI=1S/C9H16N2O2/c1-10-9(8(12)13)4-6-11-5-2-3-7(9)11/h7,10H,2-6H2,1H3,(H,12,13). The van der Waals surface area contributed by atoms with Crippen LogP contribution in [0.5, 0.6) is 0 Å². The summed E-state index contributed by atoms with van der Waals surface area (Å²) in [5.41, 5.74) is -0.670. The highest BCUT2D eigenvalue weighted by Gasteiger charge is 2.53. The summed E-state index contributed by atoms with van der Waals surface area (Å²) >= 11 is 0. The number of carbonyl (C=O) groups is 1. The molecule has 2 N–H and O–H groups in total. The van der Waals surface area contributed by atoms with Crippen LogP contribution in [-0.2, 0) is 4.79 Å². The van der Waals surface area contributed by atoms with Crippen molar-refractivity contribution in [2.24, 2.45) is 0 Å². The Morgan fingerprint density at radius 2 is 2.38 bits per heavy atom. The molecule has 2 saturated heterocycles. The first kappa shape index (κ1) is 8.97. The van der Waals surface area contributed by atoms with Gasteiger partial charge >= 0.3 is 5.97 Å². The number of carboxylic acid groups (broad SMARTS) is 1. The monoisotopic (exact) mass is 184 g/mol. The molecule has 74 valence electrons. The zero-order valence-electron chi connectivity index (χ0n) is 7.92. The number of carboxylic acids is 1. The van der Waals surface area contributed by atoms with Crippen molar-refractivity contribution in [2.75, 3.05) is 20.1 Å². The van der Waals surface area contributed by atoms with E-state index in [9.17, 15) is 9.90 Å². The maximum atomic E-state index is 11.2. The smallest absolute Gasteiger partial charge is 0.325 e. The van der Waals surface area contributed by atoms with Crippen molar-refractivity contribution in [1.29, 1.82) is 0 Å². The lowest BCUT2D eigenvalue weighted by atomic mass is 9.89. The van der Waals surface area contributed by atoms with E-state index >= 15 is 0 Å². The average molecular weight is 184 g/mol. The summed E-state index contributed by atoms with van der Waals surface area (Å²) < 4.78 is 0. The van der Waals surface area contributed by atoms with Crippen LogP contribution >= 0.6 is 0 Å². The van der Waals surface area contributed by atoms with Crippen molar-refractivity contribution < 1.29 is 9.90 Å². The van der Waals surface area contributed by atoms with Gasteiger partial charge in [0.05, 0.1) is 0 Å². The van der Waals surface area contributed by atoms with E-state index in [0.717, 1.165) is 32.4 Å². The molecule has 0 aromatic rings. The SMILES string of the molecule is CNC1(C(=O)O)CCN2CCCC21. The molecule has 2 unspecified atom stereocenters. The van der Waals surface area contributed by atoms with Crippen LogP contribution in [0.3, 0.4) is 0 Å². The van der Waals surface area contributed by atoms with Crippen molar-refractivity contribution in [3.63, 3.8) is 0 Å². The van der Waals surface area contributed by atoms with Gasteiger partial charge < -0.3 is 10.4 Å². The topological polar surface area (TPSA) is 52.6 Å². The summed E-state index contributed by atoms with van der Waals surface area (Å²) in [6.45, 7) is 2.00. The third kappa shape index (κ3) is 1.09. The van der Waals surface area contributed by atoms with Crippen LogP contribution in [0.4, 0.5) is 0 Å². The highest BCUT2D eigenvalue weighted by molar-refractivity contribution is 5.80. The minimum atomic E-state index is -0.690. The van der Waals surface area contributed by atoms with Gasteiger partial charge in [-0.15, -0.1) is 0 Å². The Balaban J connectivity index is 2.25. The largest absolute Gasteiger partial charge is 0.480 e. The molecule has 0 aromatic carbocycles. The highest BCUT2D eigenvalue weighted by Crippen LogP contribution is 2.35. The number of nitrogens with one attached hydrogen (secondary N) is 1. The Morgan fingerprint density at radius 3 is 3.00 bits per heavy atom. The molecule has 0 aliphatic carbocycles. The molecule has 2 atom stereocenters. The number of nitrogens with zero attached hydrogens (tertiary/aromatic N) is 1. The summed E-state index contributed by atoms with van der Waals surface area (Å²) in [6.07, 6.45) is 2.90. The van der Waals surface area contributed by atoms with Gasteiger partial charge in [0.2, 0.25) is 0 Å². The number of aliphatic carboxylic acids is 1. The lowest BCUT2D eigenvalue weighted by Crippen LogP contribution is -2.57. The molecule has 0 saturated carbocycles. The van der Waals surface area contributed by atoms with Gasteiger partial charge in [-0.2, -0.15) is 0 Å². The number of hydrogen-bond acceptors (Lipinski definition) is 3. The van der Waals surface area contributed by atoms with E-state index in [1.807, 2.05) is 0 Å². The van der Waals surface area contributed by atoms with E-state index < -0.39 is 11.5 Å². The maximum absolute atomic E-state index is 11.2. The molecule has 2 fully saturated rings. The fraction of sp³-hybridized carbons (Fsp3) is 0.889.